The summed E-state index contributed by atoms with van der Waals surface area (Å²) in [4.78, 5) is 23.0. The monoisotopic (exact) mass is 306 g/mol. The number of phenols is 1. The number of aromatic nitrogens is 3. The van der Waals surface area contributed by atoms with Crippen molar-refractivity contribution in [1.29, 1.82) is 0 Å². The van der Waals surface area contributed by atoms with E-state index >= 15 is 0 Å². The second-order valence-electron chi connectivity index (χ2n) is 5.26. The van der Waals surface area contributed by atoms with E-state index in [-0.39, 0.29) is 11.3 Å². The number of phenolic OH excluding ortho intramolecular Hbond substituents is 1. The van der Waals surface area contributed by atoms with Gasteiger partial charge in [-0.3, -0.25) is 4.79 Å². The van der Waals surface area contributed by atoms with Crippen LogP contribution >= 0.6 is 0 Å². The molecule has 2 aromatic carbocycles. The van der Waals surface area contributed by atoms with Gasteiger partial charge < -0.3 is 20.4 Å². The van der Waals surface area contributed by atoms with E-state index in [2.05, 4.69) is 20.3 Å². The van der Waals surface area contributed by atoms with Crippen molar-refractivity contribution in [3.63, 3.8) is 0 Å². The van der Waals surface area contributed by atoms with Gasteiger partial charge in [-0.1, -0.05) is 18.2 Å². The van der Waals surface area contributed by atoms with E-state index in [0.717, 1.165) is 11.0 Å². The van der Waals surface area contributed by atoms with Crippen LogP contribution in [0.3, 0.4) is 0 Å². The standard InChI is InChI=1S/C17H14N4O2/c1-18-15-13-11(7-4-8-12(13)22)21-17(23)14(15)16-19-9-5-2-3-6-10(9)20-16/h2-8,22H,1H3,(H,19,20)(H2,18,21,23). The average Bonchev–Trinajstić information content (AvgIpc) is 2.97. The molecule has 6 nitrogen and oxygen atoms in total. The highest BCUT2D eigenvalue weighted by Crippen LogP contribution is 2.35. The molecule has 2 aromatic heterocycles. The fourth-order valence-corrected chi connectivity index (χ4v) is 2.88. The lowest BCUT2D eigenvalue weighted by Crippen LogP contribution is -2.13. The van der Waals surface area contributed by atoms with Crippen molar-refractivity contribution in [2.75, 3.05) is 12.4 Å². The maximum Gasteiger partial charge on any atom is 0.261 e. The Morgan fingerprint density at radius 1 is 1.04 bits per heavy atom. The minimum atomic E-state index is -0.272. The number of hydrogen-bond acceptors (Lipinski definition) is 4. The predicted octanol–water partition coefficient (Wildman–Crippen LogP) is 2.82. The summed E-state index contributed by atoms with van der Waals surface area (Å²) in [5.74, 6) is 0.558. The molecule has 4 aromatic rings. The Hall–Kier alpha value is -3.28. The van der Waals surface area contributed by atoms with Crippen LogP contribution in [0.4, 0.5) is 5.69 Å². The maximum absolute atomic E-state index is 12.6. The summed E-state index contributed by atoms with van der Waals surface area (Å²) in [7, 11) is 1.72. The zero-order chi connectivity index (χ0) is 16.0. The molecule has 0 bridgehead atoms. The number of fused-ring (bicyclic) bond motifs is 2. The Bertz CT molecular complexity index is 1060. The molecule has 0 fully saturated rings. The van der Waals surface area contributed by atoms with Gasteiger partial charge in [0.2, 0.25) is 0 Å². The van der Waals surface area contributed by atoms with Gasteiger partial charge in [0.25, 0.3) is 5.56 Å². The highest BCUT2D eigenvalue weighted by molar-refractivity contribution is 6.02. The first-order valence-electron chi connectivity index (χ1n) is 7.20. The summed E-state index contributed by atoms with van der Waals surface area (Å²) >= 11 is 0. The Balaban J connectivity index is 2.12. The van der Waals surface area contributed by atoms with Gasteiger partial charge in [-0.25, -0.2) is 4.98 Å². The smallest absolute Gasteiger partial charge is 0.261 e. The molecule has 2 heterocycles. The average molecular weight is 306 g/mol. The molecule has 114 valence electrons. The molecule has 0 aliphatic heterocycles. The summed E-state index contributed by atoms with van der Waals surface area (Å²) < 4.78 is 0. The van der Waals surface area contributed by atoms with Crippen molar-refractivity contribution in [3.8, 4) is 17.1 Å². The fourth-order valence-electron chi connectivity index (χ4n) is 2.88. The molecule has 6 heteroatoms. The SMILES string of the molecule is CNc1c(-c2nc3ccccc3[nH]2)c(=O)[nH]c2cccc(O)c12. The number of aromatic amines is 2. The first-order valence-corrected chi connectivity index (χ1v) is 7.20. The molecule has 4 N–H and O–H groups in total. The number of rotatable bonds is 2. The number of hydrogen-bond donors (Lipinski definition) is 4. The van der Waals surface area contributed by atoms with Gasteiger partial charge in [-0.2, -0.15) is 0 Å². The number of para-hydroxylation sites is 2. The number of nitrogens with zero attached hydrogens (tertiary/aromatic N) is 1. The van der Waals surface area contributed by atoms with Gasteiger partial charge in [0.05, 0.1) is 27.6 Å². The Morgan fingerprint density at radius 3 is 2.61 bits per heavy atom. The van der Waals surface area contributed by atoms with Gasteiger partial charge in [-0.15, -0.1) is 0 Å². The number of aromatic hydroxyl groups is 1. The molecule has 4 rings (SSSR count). The van der Waals surface area contributed by atoms with E-state index < -0.39 is 0 Å². The zero-order valence-corrected chi connectivity index (χ0v) is 12.3. The van der Waals surface area contributed by atoms with E-state index in [1.807, 2.05) is 24.3 Å². The number of nitrogens with one attached hydrogen (secondary N) is 3. The first kappa shape index (κ1) is 13.4. The fraction of sp³-hybridized carbons (Fsp3) is 0.0588. The molecular formula is C17H14N4O2. The van der Waals surface area contributed by atoms with E-state index in [4.69, 9.17) is 0 Å². The summed E-state index contributed by atoms with van der Waals surface area (Å²) in [6.45, 7) is 0. The van der Waals surface area contributed by atoms with E-state index in [1.165, 1.54) is 0 Å². The third-order valence-corrected chi connectivity index (χ3v) is 3.89. The summed E-state index contributed by atoms with van der Waals surface area (Å²) in [5, 5.41) is 13.8. The third kappa shape index (κ3) is 1.96. The molecule has 0 aliphatic rings. The largest absolute Gasteiger partial charge is 0.507 e. The Morgan fingerprint density at radius 2 is 1.83 bits per heavy atom. The summed E-state index contributed by atoms with van der Waals surface area (Å²) in [5.41, 5.74) is 2.84. The second kappa shape index (κ2) is 4.88. The van der Waals surface area contributed by atoms with Crippen molar-refractivity contribution >= 4 is 27.6 Å². The Labute approximate surface area is 130 Å². The minimum Gasteiger partial charge on any atom is -0.507 e. The molecule has 0 unspecified atom stereocenters. The number of anilines is 1. The van der Waals surface area contributed by atoms with Crippen LogP contribution in [0.2, 0.25) is 0 Å². The molecule has 0 aliphatic carbocycles. The van der Waals surface area contributed by atoms with Crippen molar-refractivity contribution in [1.82, 2.24) is 15.0 Å². The number of H-pyrrole nitrogens is 2. The van der Waals surface area contributed by atoms with Crippen LogP contribution in [0.25, 0.3) is 33.3 Å². The van der Waals surface area contributed by atoms with Crippen LogP contribution in [0, 0.1) is 0 Å². The highest BCUT2D eigenvalue weighted by atomic mass is 16.3. The number of benzene rings is 2. The lowest BCUT2D eigenvalue weighted by Gasteiger charge is -2.11. The van der Waals surface area contributed by atoms with Crippen molar-refractivity contribution in [2.45, 2.75) is 0 Å². The number of imidazole rings is 1. The minimum absolute atomic E-state index is 0.0976. The second-order valence-corrected chi connectivity index (χ2v) is 5.26. The number of pyridine rings is 1. The Kier molecular flexibility index (Phi) is 2.84. The molecule has 0 saturated heterocycles. The van der Waals surface area contributed by atoms with E-state index in [9.17, 15) is 9.90 Å². The quantitative estimate of drug-likeness (QED) is 0.458. The molecule has 0 atom stereocenters. The molecule has 0 amide bonds. The van der Waals surface area contributed by atoms with Crippen molar-refractivity contribution < 1.29 is 5.11 Å². The summed E-state index contributed by atoms with van der Waals surface area (Å²) in [6, 6.07) is 12.6. The highest BCUT2D eigenvalue weighted by Gasteiger charge is 2.18. The van der Waals surface area contributed by atoms with Gasteiger partial charge in [-0.05, 0) is 24.3 Å². The van der Waals surface area contributed by atoms with Crippen LogP contribution in [0.15, 0.2) is 47.3 Å². The summed E-state index contributed by atoms with van der Waals surface area (Å²) in [6.07, 6.45) is 0. The van der Waals surface area contributed by atoms with Crippen molar-refractivity contribution in [2.24, 2.45) is 0 Å². The van der Waals surface area contributed by atoms with Gasteiger partial charge >= 0.3 is 0 Å². The maximum atomic E-state index is 12.6. The molecule has 0 spiro atoms. The molecular weight excluding hydrogens is 292 g/mol. The van der Waals surface area contributed by atoms with Crippen LogP contribution in [-0.2, 0) is 0 Å². The van der Waals surface area contributed by atoms with Crippen LogP contribution in [0.1, 0.15) is 0 Å². The van der Waals surface area contributed by atoms with Crippen LogP contribution < -0.4 is 10.9 Å². The van der Waals surface area contributed by atoms with E-state index in [1.54, 1.807) is 25.2 Å². The zero-order valence-electron chi connectivity index (χ0n) is 12.3. The third-order valence-electron chi connectivity index (χ3n) is 3.89. The van der Waals surface area contributed by atoms with Crippen molar-refractivity contribution in [3.05, 3.63) is 52.8 Å². The topological polar surface area (TPSA) is 93.8 Å². The van der Waals surface area contributed by atoms with E-state index in [0.29, 0.717) is 28.0 Å². The normalized spacial score (nSPS) is 11.2. The first-order chi connectivity index (χ1) is 11.2. The predicted molar refractivity (Wildman–Crippen MR) is 90.9 cm³/mol. The van der Waals surface area contributed by atoms with Gasteiger partial charge in [0.15, 0.2) is 0 Å². The lowest BCUT2D eigenvalue weighted by atomic mass is 10.1. The van der Waals surface area contributed by atoms with Gasteiger partial charge in [0.1, 0.15) is 17.1 Å². The van der Waals surface area contributed by atoms with Crippen LogP contribution in [-0.4, -0.2) is 27.1 Å². The lowest BCUT2D eigenvalue weighted by molar-refractivity contribution is 0.481. The molecule has 0 saturated carbocycles. The van der Waals surface area contributed by atoms with Gasteiger partial charge in [0, 0.05) is 7.05 Å². The molecule has 23 heavy (non-hydrogen) atoms. The molecule has 0 radical (unpaired) electrons. The van der Waals surface area contributed by atoms with Crippen LogP contribution in [0.5, 0.6) is 5.75 Å².